The van der Waals surface area contributed by atoms with Crippen LogP contribution in [-0.2, 0) is 16.3 Å². The lowest BCUT2D eigenvalue weighted by Gasteiger charge is -2.17. The van der Waals surface area contributed by atoms with E-state index in [1.165, 1.54) is 27.9 Å². The van der Waals surface area contributed by atoms with E-state index in [0.717, 1.165) is 116 Å². The van der Waals surface area contributed by atoms with Crippen LogP contribution in [-0.4, -0.2) is 27.9 Å². The van der Waals surface area contributed by atoms with Crippen molar-refractivity contribution in [2.45, 2.75) is 149 Å². The van der Waals surface area contributed by atoms with Crippen molar-refractivity contribution < 1.29 is 17.9 Å². The summed E-state index contributed by atoms with van der Waals surface area (Å²) >= 11 is 0. The molecule has 0 saturated heterocycles. The standard InChI is InChI=1S/C54H74O4S/c1-41(2)22-16-23-42(3)24-17-25-43(4)26-18-27-44(5)28-19-31-46(7)38-50(59(55,56)49-34-12-11-13-35-49)39-47(8)32-20-29-45(6)30-21-33-48-40-53(57-9)51-36-14-15-37-52(51)54(48)58-10/h11-15,22,24,26,28,30,32,34-38,40,50H,16-21,23,25,27,29,31,33,39H2,1-10H3. The Kier molecular flexibility index (Phi) is 21.6. The van der Waals surface area contributed by atoms with Gasteiger partial charge >= 0.3 is 0 Å². The molecule has 0 aromatic heterocycles. The molecule has 3 aromatic carbocycles. The van der Waals surface area contributed by atoms with Gasteiger partial charge in [-0.3, -0.25) is 0 Å². The molecule has 320 valence electrons. The van der Waals surface area contributed by atoms with Crippen LogP contribution in [0.5, 0.6) is 11.5 Å². The second-order valence-corrected chi connectivity index (χ2v) is 18.9. The number of hydrogen-bond acceptors (Lipinski definition) is 4. The molecule has 59 heavy (non-hydrogen) atoms. The Morgan fingerprint density at radius 1 is 0.542 bits per heavy atom. The van der Waals surface area contributed by atoms with Gasteiger partial charge in [0.2, 0.25) is 0 Å². The van der Waals surface area contributed by atoms with Gasteiger partial charge in [0.25, 0.3) is 0 Å². The van der Waals surface area contributed by atoms with Crippen LogP contribution >= 0.6 is 0 Å². The Bertz CT molecular complexity index is 2100. The molecule has 5 heteroatoms. The third-order valence-electron chi connectivity index (χ3n) is 11.0. The summed E-state index contributed by atoms with van der Waals surface area (Å²) in [6, 6.07) is 19.2. The van der Waals surface area contributed by atoms with Gasteiger partial charge in [-0.15, -0.1) is 0 Å². The maximum Gasteiger partial charge on any atom is 0.185 e. The van der Waals surface area contributed by atoms with Crippen molar-refractivity contribution in [1.29, 1.82) is 0 Å². The molecule has 0 fully saturated rings. The average molecular weight is 819 g/mol. The normalized spacial score (nSPS) is 14.1. The van der Waals surface area contributed by atoms with E-state index in [9.17, 15) is 8.42 Å². The zero-order chi connectivity index (χ0) is 43.2. The zero-order valence-corrected chi connectivity index (χ0v) is 38.9. The Morgan fingerprint density at radius 3 is 1.51 bits per heavy atom. The Morgan fingerprint density at radius 2 is 1.00 bits per heavy atom. The van der Waals surface area contributed by atoms with Crippen molar-refractivity contribution in [3.05, 3.63) is 148 Å². The van der Waals surface area contributed by atoms with Crippen LogP contribution in [0.3, 0.4) is 0 Å². The minimum atomic E-state index is -3.55. The minimum absolute atomic E-state index is 0.381. The number of sulfone groups is 1. The molecular formula is C54H74O4S. The highest BCUT2D eigenvalue weighted by Gasteiger charge is 2.26. The van der Waals surface area contributed by atoms with E-state index in [4.69, 9.17) is 9.47 Å². The van der Waals surface area contributed by atoms with Gasteiger partial charge in [-0.1, -0.05) is 124 Å². The van der Waals surface area contributed by atoms with Gasteiger partial charge in [0.05, 0.1) is 24.4 Å². The summed E-state index contributed by atoms with van der Waals surface area (Å²) in [6.07, 6.45) is 28.4. The van der Waals surface area contributed by atoms with Crippen molar-refractivity contribution in [2.75, 3.05) is 14.2 Å². The maximum absolute atomic E-state index is 14.0. The van der Waals surface area contributed by atoms with Gasteiger partial charge in [0.15, 0.2) is 9.84 Å². The van der Waals surface area contributed by atoms with Crippen LogP contribution in [0.15, 0.2) is 147 Å². The lowest BCUT2D eigenvalue weighted by molar-refractivity contribution is 0.406. The lowest BCUT2D eigenvalue weighted by Crippen LogP contribution is -2.20. The Hall–Kier alpha value is -4.35. The number of rotatable bonds is 25. The first-order chi connectivity index (χ1) is 28.2. The molecule has 0 radical (unpaired) electrons. The summed E-state index contributed by atoms with van der Waals surface area (Å²) in [4.78, 5) is 0.381. The van der Waals surface area contributed by atoms with Crippen LogP contribution < -0.4 is 9.47 Å². The summed E-state index contributed by atoms with van der Waals surface area (Å²) in [5.74, 6) is 1.77. The molecule has 0 aliphatic heterocycles. The first-order valence-corrected chi connectivity index (χ1v) is 23.3. The molecule has 0 N–H and O–H groups in total. The van der Waals surface area contributed by atoms with Crippen LogP contribution in [0.2, 0.25) is 0 Å². The fraction of sp³-hybridized carbons (Fsp3) is 0.444. The quantitative estimate of drug-likeness (QED) is 0.0799. The molecule has 4 nitrogen and oxygen atoms in total. The predicted octanol–water partition coefficient (Wildman–Crippen LogP) is 15.6. The largest absolute Gasteiger partial charge is 0.496 e. The highest BCUT2D eigenvalue weighted by molar-refractivity contribution is 7.92. The number of aryl methyl sites for hydroxylation is 1. The van der Waals surface area contributed by atoms with Crippen molar-refractivity contribution in [3.63, 3.8) is 0 Å². The summed E-state index contributed by atoms with van der Waals surface area (Å²) in [6.45, 7) is 17.4. The van der Waals surface area contributed by atoms with Crippen molar-refractivity contribution in [1.82, 2.24) is 0 Å². The third-order valence-corrected chi connectivity index (χ3v) is 13.1. The van der Waals surface area contributed by atoms with Gasteiger partial charge in [0, 0.05) is 10.8 Å². The molecular weight excluding hydrogens is 745 g/mol. The first kappa shape index (κ1) is 49.0. The van der Waals surface area contributed by atoms with Gasteiger partial charge in [-0.25, -0.2) is 8.42 Å². The highest BCUT2D eigenvalue weighted by Crippen LogP contribution is 2.37. The predicted molar refractivity (Wildman–Crippen MR) is 256 cm³/mol. The SMILES string of the molecule is COc1cc(CCC=C(C)CCC=C(C)CC(C=C(C)CCC=C(C)CCC=C(C)CCC=C(C)CCC=C(C)C)S(=O)(=O)c2ccccc2)c(OC)c2ccccc12. The number of benzene rings is 3. The van der Waals surface area contributed by atoms with E-state index in [0.29, 0.717) is 11.3 Å². The molecule has 0 aliphatic carbocycles. The fourth-order valence-electron chi connectivity index (χ4n) is 7.47. The third kappa shape index (κ3) is 17.4. The van der Waals surface area contributed by atoms with Crippen molar-refractivity contribution >= 4 is 20.6 Å². The smallest absolute Gasteiger partial charge is 0.185 e. The lowest BCUT2D eigenvalue weighted by atomic mass is 9.99. The summed E-state index contributed by atoms with van der Waals surface area (Å²) in [5, 5.41) is 1.51. The van der Waals surface area contributed by atoms with Crippen LogP contribution in [0.25, 0.3) is 10.8 Å². The van der Waals surface area contributed by atoms with Gasteiger partial charge in [0.1, 0.15) is 11.5 Å². The van der Waals surface area contributed by atoms with Crippen LogP contribution in [0, 0.1) is 0 Å². The summed E-state index contributed by atoms with van der Waals surface area (Å²) in [5.41, 5.74) is 10.4. The van der Waals surface area contributed by atoms with Crippen LogP contribution in [0.4, 0.5) is 0 Å². The maximum atomic E-state index is 14.0. The van der Waals surface area contributed by atoms with E-state index in [1.54, 1.807) is 38.5 Å². The first-order valence-electron chi connectivity index (χ1n) is 21.7. The van der Waals surface area contributed by atoms with Gasteiger partial charge in [-0.05, 0) is 163 Å². The number of fused-ring (bicyclic) bond motifs is 1. The van der Waals surface area contributed by atoms with E-state index >= 15 is 0 Å². The van der Waals surface area contributed by atoms with Gasteiger partial charge in [-0.2, -0.15) is 0 Å². The molecule has 0 amide bonds. The molecule has 0 spiro atoms. The summed E-state index contributed by atoms with van der Waals surface area (Å²) in [7, 11) is -0.104. The fourth-order valence-corrected chi connectivity index (χ4v) is 9.25. The molecule has 0 heterocycles. The number of allylic oxidation sites excluding steroid dienone is 13. The highest BCUT2D eigenvalue weighted by atomic mass is 32.2. The molecule has 0 bridgehead atoms. The number of methoxy groups -OCH3 is 2. The monoisotopic (exact) mass is 819 g/mol. The van der Waals surface area contributed by atoms with Gasteiger partial charge < -0.3 is 9.47 Å². The summed E-state index contributed by atoms with van der Waals surface area (Å²) < 4.78 is 39.5. The van der Waals surface area contributed by atoms with Crippen molar-refractivity contribution in [3.8, 4) is 11.5 Å². The second kappa shape index (κ2) is 26.0. The molecule has 3 rings (SSSR count). The molecule has 1 atom stereocenters. The van der Waals surface area contributed by atoms with E-state index in [-0.39, 0.29) is 0 Å². The van der Waals surface area contributed by atoms with E-state index < -0.39 is 15.1 Å². The van der Waals surface area contributed by atoms with E-state index in [2.05, 4.69) is 110 Å². The van der Waals surface area contributed by atoms with Crippen molar-refractivity contribution in [2.24, 2.45) is 0 Å². The molecule has 0 aliphatic rings. The second-order valence-electron chi connectivity index (χ2n) is 16.7. The number of hydrogen-bond donors (Lipinski definition) is 0. The van der Waals surface area contributed by atoms with E-state index in [1.807, 2.05) is 24.3 Å². The topological polar surface area (TPSA) is 52.6 Å². The Balaban J connectivity index is 1.57. The minimum Gasteiger partial charge on any atom is -0.496 e. The molecule has 0 saturated carbocycles. The molecule has 3 aromatic rings. The zero-order valence-electron chi connectivity index (χ0n) is 38.1. The average Bonchev–Trinajstić information content (AvgIpc) is 3.20. The van der Waals surface area contributed by atoms with Crippen LogP contribution in [0.1, 0.15) is 138 Å². The Labute approximate surface area is 359 Å². The molecule has 1 unspecified atom stereocenters. The number of ether oxygens (including phenoxy) is 2.